The first kappa shape index (κ1) is 15.1. The van der Waals surface area contributed by atoms with Gasteiger partial charge in [0.1, 0.15) is 0 Å². The number of rotatable bonds is 3. The molecule has 0 bridgehead atoms. The lowest BCUT2D eigenvalue weighted by molar-refractivity contribution is 0.171. The van der Waals surface area contributed by atoms with Crippen molar-refractivity contribution in [1.82, 2.24) is 10.2 Å². The second kappa shape index (κ2) is 6.93. The molecule has 0 aromatic heterocycles. The van der Waals surface area contributed by atoms with Crippen LogP contribution < -0.4 is 5.32 Å². The minimum Gasteiger partial charge on any atom is -0.313 e. The molecular formula is C19H30N2. The van der Waals surface area contributed by atoms with Crippen LogP contribution in [0.4, 0.5) is 0 Å². The summed E-state index contributed by atoms with van der Waals surface area (Å²) in [6, 6.07) is 10.5. The van der Waals surface area contributed by atoms with E-state index in [1.807, 2.05) is 0 Å². The molecule has 0 radical (unpaired) electrons. The van der Waals surface area contributed by atoms with E-state index >= 15 is 0 Å². The Bertz CT molecular complexity index is 455. The van der Waals surface area contributed by atoms with Crippen molar-refractivity contribution in [3.63, 3.8) is 0 Å². The van der Waals surface area contributed by atoms with Gasteiger partial charge in [-0.05, 0) is 62.2 Å². The molecule has 1 aliphatic carbocycles. The second-order valence-corrected chi connectivity index (χ2v) is 7.29. The fourth-order valence-electron chi connectivity index (χ4n) is 4.08. The van der Waals surface area contributed by atoms with Crippen molar-refractivity contribution in [2.45, 2.75) is 58.0 Å². The van der Waals surface area contributed by atoms with Crippen molar-refractivity contribution >= 4 is 0 Å². The number of fused-ring (bicyclic) bond motifs is 1. The lowest BCUT2D eigenvalue weighted by Crippen LogP contribution is -2.45. The van der Waals surface area contributed by atoms with E-state index in [1.165, 1.54) is 51.7 Å². The standard InChI is InChI=1S/C19H30N2/c1-15(2)12-18-14-21(11-5-10-20-18)19-9-8-16-6-3-4-7-17(16)13-19/h3-4,6-7,15,18-20H,5,8-14H2,1-2H3. The number of nitrogens with one attached hydrogen (secondary N) is 1. The summed E-state index contributed by atoms with van der Waals surface area (Å²) in [6.07, 6.45) is 6.46. The van der Waals surface area contributed by atoms with Gasteiger partial charge >= 0.3 is 0 Å². The van der Waals surface area contributed by atoms with Crippen molar-refractivity contribution < 1.29 is 0 Å². The molecule has 1 N–H and O–H groups in total. The summed E-state index contributed by atoms with van der Waals surface area (Å²) >= 11 is 0. The highest BCUT2D eigenvalue weighted by atomic mass is 15.2. The minimum absolute atomic E-state index is 0.685. The molecule has 1 aliphatic heterocycles. The van der Waals surface area contributed by atoms with Crippen molar-refractivity contribution in [2.24, 2.45) is 5.92 Å². The van der Waals surface area contributed by atoms with Crippen LogP contribution >= 0.6 is 0 Å². The molecule has 2 heteroatoms. The third-order valence-corrected chi connectivity index (χ3v) is 5.10. The van der Waals surface area contributed by atoms with Crippen molar-refractivity contribution in [3.05, 3.63) is 35.4 Å². The normalized spacial score (nSPS) is 27.4. The van der Waals surface area contributed by atoms with Gasteiger partial charge in [0.25, 0.3) is 0 Å². The Morgan fingerprint density at radius 1 is 1.24 bits per heavy atom. The quantitative estimate of drug-likeness (QED) is 0.917. The molecule has 1 heterocycles. The van der Waals surface area contributed by atoms with E-state index in [0.717, 1.165) is 12.0 Å². The van der Waals surface area contributed by atoms with Gasteiger partial charge in [0.15, 0.2) is 0 Å². The van der Waals surface area contributed by atoms with Crippen molar-refractivity contribution in [2.75, 3.05) is 19.6 Å². The predicted molar refractivity (Wildman–Crippen MR) is 89.7 cm³/mol. The van der Waals surface area contributed by atoms with E-state index in [1.54, 1.807) is 11.1 Å². The average molecular weight is 286 g/mol. The maximum atomic E-state index is 3.76. The first-order chi connectivity index (χ1) is 10.2. The Kier molecular flexibility index (Phi) is 4.97. The molecule has 1 fully saturated rings. The summed E-state index contributed by atoms with van der Waals surface area (Å²) in [6.45, 7) is 8.39. The van der Waals surface area contributed by atoms with Gasteiger partial charge in [-0.3, -0.25) is 4.90 Å². The Labute approximate surface area is 129 Å². The number of aryl methyl sites for hydroxylation is 1. The van der Waals surface area contributed by atoms with Crippen LogP contribution in [0.1, 0.15) is 44.2 Å². The van der Waals surface area contributed by atoms with Gasteiger partial charge in [0.05, 0.1) is 0 Å². The number of nitrogens with zero attached hydrogens (tertiary/aromatic N) is 1. The largest absolute Gasteiger partial charge is 0.313 e. The van der Waals surface area contributed by atoms with Crippen LogP contribution in [0.5, 0.6) is 0 Å². The van der Waals surface area contributed by atoms with E-state index in [4.69, 9.17) is 0 Å². The molecule has 116 valence electrons. The molecule has 1 aromatic rings. The van der Waals surface area contributed by atoms with Crippen LogP contribution in [0.25, 0.3) is 0 Å². The monoisotopic (exact) mass is 286 g/mol. The average Bonchev–Trinajstić information content (AvgIpc) is 2.71. The first-order valence-electron chi connectivity index (χ1n) is 8.76. The highest BCUT2D eigenvalue weighted by Gasteiger charge is 2.27. The van der Waals surface area contributed by atoms with Crippen molar-refractivity contribution in [3.8, 4) is 0 Å². The highest BCUT2D eigenvalue weighted by Crippen LogP contribution is 2.25. The number of hydrogen-bond donors (Lipinski definition) is 1. The lowest BCUT2D eigenvalue weighted by atomic mass is 9.87. The fraction of sp³-hybridized carbons (Fsp3) is 0.684. The summed E-state index contributed by atoms with van der Waals surface area (Å²) in [5, 5.41) is 3.76. The zero-order chi connectivity index (χ0) is 14.7. The summed E-state index contributed by atoms with van der Waals surface area (Å²) in [7, 11) is 0. The third kappa shape index (κ3) is 3.87. The molecule has 1 saturated heterocycles. The van der Waals surface area contributed by atoms with Gasteiger partial charge in [-0.1, -0.05) is 38.1 Å². The molecule has 3 rings (SSSR count). The minimum atomic E-state index is 0.685. The molecule has 2 unspecified atom stereocenters. The SMILES string of the molecule is CC(C)CC1CN(C2CCc3ccccc3C2)CCCN1. The first-order valence-corrected chi connectivity index (χ1v) is 8.76. The van der Waals surface area contributed by atoms with Crippen LogP contribution in [0.15, 0.2) is 24.3 Å². The Hall–Kier alpha value is -0.860. The molecule has 2 atom stereocenters. The van der Waals surface area contributed by atoms with Gasteiger partial charge < -0.3 is 5.32 Å². The fourth-order valence-corrected chi connectivity index (χ4v) is 4.08. The van der Waals surface area contributed by atoms with Crippen LogP contribution in [0.2, 0.25) is 0 Å². The summed E-state index contributed by atoms with van der Waals surface area (Å²) in [5.41, 5.74) is 3.17. The summed E-state index contributed by atoms with van der Waals surface area (Å²) in [4.78, 5) is 2.78. The van der Waals surface area contributed by atoms with E-state index in [-0.39, 0.29) is 0 Å². The number of benzene rings is 1. The van der Waals surface area contributed by atoms with E-state index in [9.17, 15) is 0 Å². The zero-order valence-corrected chi connectivity index (χ0v) is 13.6. The highest BCUT2D eigenvalue weighted by molar-refractivity contribution is 5.30. The number of hydrogen-bond acceptors (Lipinski definition) is 2. The zero-order valence-electron chi connectivity index (χ0n) is 13.6. The summed E-state index contributed by atoms with van der Waals surface area (Å²) < 4.78 is 0. The van der Waals surface area contributed by atoms with Crippen LogP contribution in [0, 0.1) is 5.92 Å². The summed E-state index contributed by atoms with van der Waals surface area (Å²) in [5.74, 6) is 0.787. The molecule has 1 aromatic carbocycles. The van der Waals surface area contributed by atoms with E-state index < -0.39 is 0 Å². The molecular weight excluding hydrogens is 256 g/mol. The van der Waals surface area contributed by atoms with Crippen LogP contribution in [-0.2, 0) is 12.8 Å². The Morgan fingerprint density at radius 2 is 2.05 bits per heavy atom. The molecule has 0 saturated carbocycles. The maximum Gasteiger partial charge on any atom is 0.0197 e. The van der Waals surface area contributed by atoms with Gasteiger partial charge in [0, 0.05) is 18.6 Å². The van der Waals surface area contributed by atoms with Gasteiger partial charge in [0.2, 0.25) is 0 Å². The van der Waals surface area contributed by atoms with Crippen molar-refractivity contribution in [1.29, 1.82) is 0 Å². The van der Waals surface area contributed by atoms with E-state index in [2.05, 4.69) is 48.3 Å². The van der Waals surface area contributed by atoms with Gasteiger partial charge in [-0.25, -0.2) is 0 Å². The molecule has 21 heavy (non-hydrogen) atoms. The second-order valence-electron chi connectivity index (χ2n) is 7.29. The van der Waals surface area contributed by atoms with Gasteiger partial charge in [-0.15, -0.1) is 0 Å². The maximum absolute atomic E-state index is 3.76. The predicted octanol–water partition coefficient (Wildman–Crippen LogP) is 3.25. The Morgan fingerprint density at radius 3 is 2.86 bits per heavy atom. The third-order valence-electron chi connectivity index (χ3n) is 5.10. The smallest absolute Gasteiger partial charge is 0.0197 e. The molecule has 0 amide bonds. The van der Waals surface area contributed by atoms with Crippen LogP contribution in [0.3, 0.4) is 0 Å². The van der Waals surface area contributed by atoms with Gasteiger partial charge in [-0.2, -0.15) is 0 Å². The molecule has 0 spiro atoms. The lowest BCUT2D eigenvalue weighted by Gasteiger charge is -2.36. The molecule has 2 nitrogen and oxygen atoms in total. The van der Waals surface area contributed by atoms with Crippen LogP contribution in [-0.4, -0.2) is 36.6 Å². The molecule has 2 aliphatic rings. The Balaban J connectivity index is 1.65. The topological polar surface area (TPSA) is 15.3 Å². The van der Waals surface area contributed by atoms with E-state index in [0.29, 0.717) is 6.04 Å².